The van der Waals surface area contributed by atoms with Crippen molar-refractivity contribution in [1.29, 1.82) is 0 Å². The van der Waals surface area contributed by atoms with E-state index in [9.17, 15) is 9.18 Å². The number of nitrogens with zero attached hydrogens (tertiary/aromatic N) is 1. The van der Waals surface area contributed by atoms with Crippen LogP contribution in [0.2, 0.25) is 0 Å². The van der Waals surface area contributed by atoms with Gasteiger partial charge in [0.05, 0.1) is 0 Å². The Kier molecular flexibility index (Phi) is 4.88. The van der Waals surface area contributed by atoms with Crippen molar-refractivity contribution >= 4 is 5.91 Å². The number of halogens is 1. The van der Waals surface area contributed by atoms with E-state index in [4.69, 9.17) is 0 Å². The number of amides is 1. The van der Waals surface area contributed by atoms with E-state index in [1.165, 1.54) is 12.1 Å². The van der Waals surface area contributed by atoms with Gasteiger partial charge >= 0.3 is 0 Å². The fraction of sp³-hybridized carbons (Fsp3) is 0.235. The molecule has 0 heterocycles. The first-order valence-corrected chi connectivity index (χ1v) is 6.67. The van der Waals surface area contributed by atoms with Gasteiger partial charge in [-0.15, -0.1) is 0 Å². The first kappa shape index (κ1) is 14.3. The van der Waals surface area contributed by atoms with Crippen LogP contribution in [0.25, 0.3) is 0 Å². The van der Waals surface area contributed by atoms with Crippen LogP contribution in [0.5, 0.6) is 0 Å². The van der Waals surface area contributed by atoms with Gasteiger partial charge in [-0.2, -0.15) is 0 Å². The predicted molar refractivity (Wildman–Crippen MR) is 77.6 cm³/mol. The van der Waals surface area contributed by atoms with Crippen molar-refractivity contribution in [3.63, 3.8) is 0 Å². The quantitative estimate of drug-likeness (QED) is 0.816. The molecule has 0 saturated carbocycles. The third kappa shape index (κ3) is 4.19. The molecule has 2 aromatic carbocycles. The van der Waals surface area contributed by atoms with Gasteiger partial charge in [0, 0.05) is 20.0 Å². The predicted octanol–water partition coefficient (Wildman–Crippen LogP) is 3.42. The van der Waals surface area contributed by atoms with Crippen molar-refractivity contribution in [2.24, 2.45) is 0 Å². The Morgan fingerprint density at radius 3 is 2.30 bits per heavy atom. The zero-order chi connectivity index (χ0) is 14.4. The van der Waals surface area contributed by atoms with Gasteiger partial charge in [-0.05, 0) is 29.7 Å². The molecule has 0 fully saturated rings. The van der Waals surface area contributed by atoms with Crippen LogP contribution in [0, 0.1) is 5.82 Å². The summed E-state index contributed by atoms with van der Waals surface area (Å²) in [5, 5.41) is 0. The van der Waals surface area contributed by atoms with Gasteiger partial charge in [0.2, 0.25) is 5.91 Å². The number of carbonyl (C=O) groups is 1. The minimum Gasteiger partial charge on any atom is -0.341 e. The van der Waals surface area contributed by atoms with Gasteiger partial charge in [0.1, 0.15) is 5.82 Å². The van der Waals surface area contributed by atoms with E-state index in [2.05, 4.69) is 0 Å². The Bertz CT molecular complexity index is 551. The highest BCUT2D eigenvalue weighted by Crippen LogP contribution is 2.08. The maximum Gasteiger partial charge on any atom is 0.222 e. The molecule has 0 atom stereocenters. The number of hydrogen-bond donors (Lipinski definition) is 0. The molecule has 0 radical (unpaired) electrons. The van der Waals surface area contributed by atoms with Crippen LogP contribution in [0.3, 0.4) is 0 Å². The van der Waals surface area contributed by atoms with Crippen molar-refractivity contribution in [1.82, 2.24) is 4.90 Å². The van der Waals surface area contributed by atoms with Crippen molar-refractivity contribution in [2.75, 3.05) is 7.05 Å². The molecule has 0 unspecified atom stereocenters. The molecule has 2 aromatic rings. The van der Waals surface area contributed by atoms with Crippen molar-refractivity contribution in [3.05, 3.63) is 71.5 Å². The standard InChI is InChI=1S/C17H18FNO/c1-19(13-15-7-10-16(18)11-8-15)17(20)12-9-14-5-3-2-4-6-14/h2-8,10-11H,9,12-13H2,1H3. The SMILES string of the molecule is CN(Cc1ccc(F)cc1)C(=O)CCc1ccccc1. The van der Waals surface area contributed by atoms with Crippen LogP contribution in [-0.4, -0.2) is 17.9 Å². The van der Waals surface area contributed by atoms with Gasteiger partial charge in [-0.1, -0.05) is 42.5 Å². The lowest BCUT2D eigenvalue weighted by Crippen LogP contribution is -2.26. The molecule has 20 heavy (non-hydrogen) atoms. The molecule has 0 spiro atoms. The van der Waals surface area contributed by atoms with Crippen LogP contribution in [0.4, 0.5) is 4.39 Å². The number of benzene rings is 2. The summed E-state index contributed by atoms with van der Waals surface area (Å²) in [4.78, 5) is 13.7. The maximum absolute atomic E-state index is 12.8. The summed E-state index contributed by atoms with van der Waals surface area (Å²) in [6, 6.07) is 16.2. The van der Waals surface area contributed by atoms with Crippen LogP contribution in [0.15, 0.2) is 54.6 Å². The topological polar surface area (TPSA) is 20.3 Å². The molecular weight excluding hydrogens is 253 g/mol. The molecule has 104 valence electrons. The second-order valence-electron chi connectivity index (χ2n) is 4.86. The van der Waals surface area contributed by atoms with Crippen LogP contribution >= 0.6 is 0 Å². The Labute approximate surface area is 118 Å². The first-order chi connectivity index (χ1) is 9.65. The van der Waals surface area contributed by atoms with Gasteiger partial charge in [-0.3, -0.25) is 4.79 Å². The van der Waals surface area contributed by atoms with E-state index < -0.39 is 0 Å². The molecule has 0 aliphatic rings. The molecule has 2 rings (SSSR count). The van der Waals surface area contributed by atoms with E-state index in [1.54, 1.807) is 24.1 Å². The molecule has 0 N–H and O–H groups in total. The van der Waals surface area contributed by atoms with E-state index in [0.29, 0.717) is 13.0 Å². The summed E-state index contributed by atoms with van der Waals surface area (Å²) in [6.07, 6.45) is 1.23. The maximum atomic E-state index is 12.8. The minimum absolute atomic E-state index is 0.0955. The molecule has 0 bridgehead atoms. The minimum atomic E-state index is -0.258. The lowest BCUT2D eigenvalue weighted by molar-refractivity contribution is -0.130. The Hall–Kier alpha value is -2.16. The fourth-order valence-corrected chi connectivity index (χ4v) is 2.04. The van der Waals surface area contributed by atoms with Gasteiger partial charge < -0.3 is 4.90 Å². The summed E-state index contributed by atoms with van der Waals surface area (Å²) < 4.78 is 12.8. The first-order valence-electron chi connectivity index (χ1n) is 6.67. The highest BCUT2D eigenvalue weighted by atomic mass is 19.1. The number of hydrogen-bond acceptors (Lipinski definition) is 1. The lowest BCUT2D eigenvalue weighted by Gasteiger charge is -2.17. The van der Waals surface area contributed by atoms with E-state index >= 15 is 0 Å². The van der Waals surface area contributed by atoms with Gasteiger partial charge in [0.15, 0.2) is 0 Å². The molecule has 0 aromatic heterocycles. The van der Waals surface area contributed by atoms with Crippen molar-refractivity contribution in [2.45, 2.75) is 19.4 Å². The Morgan fingerprint density at radius 2 is 1.65 bits per heavy atom. The molecule has 3 heteroatoms. The highest BCUT2D eigenvalue weighted by Gasteiger charge is 2.09. The highest BCUT2D eigenvalue weighted by molar-refractivity contribution is 5.76. The molecule has 1 amide bonds. The molecular formula is C17H18FNO. The molecule has 0 saturated heterocycles. The van der Waals surface area contributed by atoms with Gasteiger partial charge in [0.25, 0.3) is 0 Å². The van der Waals surface area contributed by atoms with Crippen LogP contribution in [-0.2, 0) is 17.8 Å². The Balaban J connectivity index is 1.84. The summed E-state index contributed by atoms with van der Waals surface area (Å²) in [5.41, 5.74) is 2.10. The summed E-state index contributed by atoms with van der Waals surface area (Å²) in [5.74, 6) is -0.162. The number of rotatable bonds is 5. The summed E-state index contributed by atoms with van der Waals surface area (Å²) in [7, 11) is 1.77. The monoisotopic (exact) mass is 271 g/mol. The molecule has 0 aliphatic carbocycles. The summed E-state index contributed by atoms with van der Waals surface area (Å²) in [6.45, 7) is 0.508. The summed E-state index contributed by atoms with van der Waals surface area (Å²) >= 11 is 0. The smallest absolute Gasteiger partial charge is 0.222 e. The van der Waals surface area contributed by atoms with E-state index in [0.717, 1.165) is 17.5 Å². The number of carbonyl (C=O) groups excluding carboxylic acids is 1. The van der Waals surface area contributed by atoms with Crippen LogP contribution in [0.1, 0.15) is 17.5 Å². The van der Waals surface area contributed by atoms with Crippen LogP contribution < -0.4 is 0 Å². The Morgan fingerprint density at radius 1 is 1.00 bits per heavy atom. The zero-order valence-corrected chi connectivity index (χ0v) is 11.6. The average Bonchev–Trinajstić information content (AvgIpc) is 2.48. The van der Waals surface area contributed by atoms with Crippen molar-refractivity contribution < 1.29 is 9.18 Å². The molecule has 2 nitrogen and oxygen atoms in total. The van der Waals surface area contributed by atoms with E-state index in [-0.39, 0.29) is 11.7 Å². The molecule has 0 aliphatic heterocycles. The van der Waals surface area contributed by atoms with E-state index in [1.807, 2.05) is 30.3 Å². The lowest BCUT2D eigenvalue weighted by atomic mass is 10.1. The normalized spacial score (nSPS) is 10.3. The van der Waals surface area contributed by atoms with Gasteiger partial charge in [-0.25, -0.2) is 4.39 Å². The zero-order valence-electron chi connectivity index (χ0n) is 11.6. The third-order valence-electron chi connectivity index (χ3n) is 3.23. The second-order valence-corrected chi connectivity index (χ2v) is 4.86. The fourth-order valence-electron chi connectivity index (χ4n) is 2.04. The second kappa shape index (κ2) is 6.85. The third-order valence-corrected chi connectivity index (χ3v) is 3.23. The number of aryl methyl sites for hydroxylation is 1. The average molecular weight is 271 g/mol. The largest absolute Gasteiger partial charge is 0.341 e. The van der Waals surface area contributed by atoms with Crippen molar-refractivity contribution in [3.8, 4) is 0 Å².